The lowest BCUT2D eigenvalue weighted by Gasteiger charge is -2.33. The van der Waals surface area contributed by atoms with Crippen LogP contribution < -0.4 is 14.8 Å². The molecule has 1 aliphatic heterocycles. The van der Waals surface area contributed by atoms with Crippen molar-refractivity contribution in [1.29, 1.82) is 0 Å². The number of rotatable bonds is 7. The number of hydrogen-bond donors (Lipinski definition) is 1. The third kappa shape index (κ3) is 4.68. The smallest absolute Gasteiger partial charge is 0.251 e. The third-order valence-corrected chi connectivity index (χ3v) is 5.52. The molecule has 1 atom stereocenters. The minimum absolute atomic E-state index is 0.0548. The van der Waals surface area contributed by atoms with Crippen LogP contribution in [0.4, 0.5) is 0 Å². The molecule has 0 bridgehead atoms. The van der Waals surface area contributed by atoms with Gasteiger partial charge in [0, 0.05) is 25.2 Å². The Hall–Kier alpha value is -2.03. The number of amides is 1. The lowest BCUT2D eigenvalue weighted by Crippen LogP contribution is -2.43. The standard InChI is InChI=1S/C20H25BrN2O5/c1-13-4-5-16(28-13)15(23-6-8-27-9-7-23)12-22-20(24)14-10-17(25-2)19(21)18(11-14)26-3/h4-5,10-11,15H,6-9,12H2,1-3H3,(H,22,24). The lowest BCUT2D eigenvalue weighted by molar-refractivity contribution is 0.0117. The van der Waals surface area contributed by atoms with E-state index in [2.05, 4.69) is 26.1 Å². The molecule has 1 saturated heterocycles. The van der Waals surface area contributed by atoms with Gasteiger partial charge in [-0.15, -0.1) is 0 Å². The average molecular weight is 453 g/mol. The normalized spacial score (nSPS) is 15.9. The molecule has 28 heavy (non-hydrogen) atoms. The van der Waals surface area contributed by atoms with Gasteiger partial charge in [-0.3, -0.25) is 9.69 Å². The second-order valence-corrected chi connectivity index (χ2v) is 7.31. The number of nitrogens with zero attached hydrogens (tertiary/aromatic N) is 1. The minimum Gasteiger partial charge on any atom is -0.495 e. The molecule has 1 amide bonds. The van der Waals surface area contributed by atoms with Crippen LogP contribution in [0.3, 0.4) is 0 Å². The highest BCUT2D eigenvalue weighted by molar-refractivity contribution is 9.10. The Morgan fingerprint density at radius 3 is 2.39 bits per heavy atom. The molecule has 152 valence electrons. The molecule has 1 fully saturated rings. The first-order chi connectivity index (χ1) is 13.5. The highest BCUT2D eigenvalue weighted by Gasteiger charge is 2.26. The molecule has 3 rings (SSSR count). The van der Waals surface area contributed by atoms with E-state index in [1.807, 2.05) is 19.1 Å². The van der Waals surface area contributed by atoms with Gasteiger partial charge in [0.25, 0.3) is 5.91 Å². The predicted molar refractivity (Wildman–Crippen MR) is 108 cm³/mol. The Balaban J connectivity index is 1.76. The van der Waals surface area contributed by atoms with Crippen molar-refractivity contribution in [2.24, 2.45) is 0 Å². The molecule has 2 aromatic rings. The number of ether oxygens (including phenoxy) is 3. The van der Waals surface area contributed by atoms with Crippen LogP contribution in [0.25, 0.3) is 0 Å². The topological polar surface area (TPSA) is 73.2 Å². The van der Waals surface area contributed by atoms with Gasteiger partial charge in [0.05, 0.1) is 33.5 Å². The molecule has 1 aromatic heterocycles. The van der Waals surface area contributed by atoms with Crippen molar-refractivity contribution in [3.05, 3.63) is 45.8 Å². The van der Waals surface area contributed by atoms with Gasteiger partial charge >= 0.3 is 0 Å². The van der Waals surface area contributed by atoms with Gasteiger partial charge in [0.15, 0.2) is 0 Å². The minimum atomic E-state index is -0.203. The number of nitrogens with one attached hydrogen (secondary N) is 1. The van der Waals surface area contributed by atoms with Gasteiger partial charge in [-0.25, -0.2) is 0 Å². The van der Waals surface area contributed by atoms with E-state index in [-0.39, 0.29) is 11.9 Å². The van der Waals surface area contributed by atoms with E-state index < -0.39 is 0 Å². The summed E-state index contributed by atoms with van der Waals surface area (Å²) < 4.78 is 22.6. The van der Waals surface area contributed by atoms with Crippen molar-refractivity contribution < 1.29 is 23.4 Å². The van der Waals surface area contributed by atoms with Crippen LogP contribution in [0.2, 0.25) is 0 Å². The van der Waals surface area contributed by atoms with Crippen molar-refractivity contribution in [2.75, 3.05) is 47.1 Å². The molecule has 7 nitrogen and oxygen atoms in total. The van der Waals surface area contributed by atoms with Crippen molar-refractivity contribution >= 4 is 21.8 Å². The first-order valence-corrected chi connectivity index (χ1v) is 9.90. The highest BCUT2D eigenvalue weighted by Crippen LogP contribution is 2.35. The van der Waals surface area contributed by atoms with Crippen LogP contribution in [0.15, 0.2) is 33.2 Å². The lowest BCUT2D eigenvalue weighted by atomic mass is 10.1. The van der Waals surface area contributed by atoms with Gasteiger partial charge in [-0.2, -0.15) is 0 Å². The zero-order valence-corrected chi connectivity index (χ0v) is 17.9. The maximum Gasteiger partial charge on any atom is 0.251 e. The summed E-state index contributed by atoms with van der Waals surface area (Å²) in [6.45, 7) is 5.27. The number of morpholine rings is 1. The fourth-order valence-corrected chi connectivity index (χ4v) is 3.78. The van der Waals surface area contributed by atoms with Crippen LogP contribution in [0.1, 0.15) is 27.9 Å². The highest BCUT2D eigenvalue weighted by atomic mass is 79.9. The molecule has 0 spiro atoms. The maximum atomic E-state index is 12.8. The monoisotopic (exact) mass is 452 g/mol. The first-order valence-electron chi connectivity index (χ1n) is 9.11. The van der Waals surface area contributed by atoms with Gasteiger partial charge < -0.3 is 23.9 Å². The zero-order chi connectivity index (χ0) is 20.1. The summed E-state index contributed by atoms with van der Waals surface area (Å²) in [5.74, 6) is 2.56. The summed E-state index contributed by atoms with van der Waals surface area (Å²) in [4.78, 5) is 15.1. The van der Waals surface area contributed by atoms with Crippen molar-refractivity contribution in [1.82, 2.24) is 10.2 Å². The van der Waals surface area contributed by atoms with Gasteiger partial charge in [-0.1, -0.05) is 0 Å². The van der Waals surface area contributed by atoms with Crippen LogP contribution in [-0.4, -0.2) is 57.9 Å². The summed E-state index contributed by atoms with van der Waals surface area (Å²) in [7, 11) is 3.10. The zero-order valence-electron chi connectivity index (χ0n) is 16.3. The molecule has 1 unspecified atom stereocenters. The molecule has 1 aromatic carbocycles. The summed E-state index contributed by atoms with van der Waals surface area (Å²) >= 11 is 3.42. The quantitative estimate of drug-likeness (QED) is 0.695. The molecule has 0 radical (unpaired) electrons. The van der Waals surface area contributed by atoms with Gasteiger partial charge in [-0.05, 0) is 47.1 Å². The number of carbonyl (C=O) groups excluding carboxylic acids is 1. The van der Waals surface area contributed by atoms with Gasteiger partial charge in [0.2, 0.25) is 0 Å². The molecule has 1 aliphatic rings. The third-order valence-electron chi connectivity index (χ3n) is 4.74. The van der Waals surface area contributed by atoms with E-state index in [0.29, 0.717) is 41.3 Å². The maximum absolute atomic E-state index is 12.8. The van der Waals surface area contributed by atoms with E-state index >= 15 is 0 Å². The van der Waals surface area contributed by atoms with E-state index in [0.717, 1.165) is 24.6 Å². The van der Waals surface area contributed by atoms with E-state index in [4.69, 9.17) is 18.6 Å². The number of furan rings is 1. The molecule has 1 N–H and O–H groups in total. The number of carbonyl (C=O) groups is 1. The molecular formula is C20H25BrN2O5. The Labute approximate surface area is 173 Å². The van der Waals surface area contributed by atoms with Crippen molar-refractivity contribution in [3.63, 3.8) is 0 Å². The van der Waals surface area contributed by atoms with Crippen LogP contribution in [-0.2, 0) is 4.74 Å². The van der Waals surface area contributed by atoms with Crippen molar-refractivity contribution in [2.45, 2.75) is 13.0 Å². The van der Waals surface area contributed by atoms with Crippen molar-refractivity contribution in [3.8, 4) is 11.5 Å². The van der Waals surface area contributed by atoms with E-state index in [1.54, 1.807) is 26.4 Å². The first kappa shape index (κ1) is 20.7. The average Bonchev–Trinajstić information content (AvgIpc) is 3.15. The number of aryl methyl sites for hydroxylation is 1. The molecular weight excluding hydrogens is 428 g/mol. The number of halogens is 1. The summed E-state index contributed by atoms with van der Waals surface area (Å²) in [6, 6.07) is 7.22. The fourth-order valence-electron chi connectivity index (χ4n) is 3.22. The second kappa shape index (κ2) is 9.45. The molecule has 0 saturated carbocycles. The van der Waals surface area contributed by atoms with Gasteiger partial charge in [0.1, 0.15) is 27.5 Å². The molecule has 8 heteroatoms. The summed E-state index contributed by atoms with van der Waals surface area (Å²) in [5, 5.41) is 3.02. The van der Waals surface area contributed by atoms with E-state index in [9.17, 15) is 4.79 Å². The van der Waals surface area contributed by atoms with Crippen LogP contribution in [0, 0.1) is 6.92 Å². The summed E-state index contributed by atoms with van der Waals surface area (Å²) in [5.41, 5.74) is 0.466. The molecule has 0 aliphatic carbocycles. The molecule has 2 heterocycles. The van der Waals surface area contributed by atoms with Crippen LogP contribution >= 0.6 is 15.9 Å². The second-order valence-electron chi connectivity index (χ2n) is 6.52. The predicted octanol–water partition coefficient (Wildman–Crippen LogP) is 3.17. The summed E-state index contributed by atoms with van der Waals surface area (Å²) in [6.07, 6.45) is 0. The number of benzene rings is 1. The van der Waals surface area contributed by atoms with E-state index in [1.165, 1.54) is 0 Å². The largest absolute Gasteiger partial charge is 0.495 e. The Bertz CT molecular complexity index is 792. The fraction of sp³-hybridized carbons (Fsp3) is 0.450. The van der Waals surface area contributed by atoms with Crippen LogP contribution in [0.5, 0.6) is 11.5 Å². The Kier molecular flexibility index (Phi) is 6.98. The number of methoxy groups -OCH3 is 2. The number of hydrogen-bond acceptors (Lipinski definition) is 6. The Morgan fingerprint density at radius 1 is 1.21 bits per heavy atom. The SMILES string of the molecule is COc1cc(C(=O)NCC(c2ccc(C)o2)N2CCOCC2)cc(OC)c1Br. The Morgan fingerprint density at radius 2 is 1.86 bits per heavy atom.